The number of aliphatic carboxylic acids is 1. The van der Waals surface area contributed by atoms with Crippen molar-refractivity contribution in [2.24, 2.45) is 7.05 Å². The molecule has 0 aliphatic rings. The quantitative estimate of drug-likeness (QED) is 0.502. The third-order valence-corrected chi connectivity index (χ3v) is 5.39. The lowest BCUT2D eigenvalue weighted by Gasteiger charge is -2.21. The molecule has 0 amide bonds. The lowest BCUT2D eigenvalue weighted by Crippen LogP contribution is -2.37. The predicted molar refractivity (Wildman–Crippen MR) is 119 cm³/mol. The summed E-state index contributed by atoms with van der Waals surface area (Å²) in [5.74, 6) is -0.0679. The van der Waals surface area contributed by atoms with Gasteiger partial charge in [-0.05, 0) is 62.1 Å². The van der Waals surface area contributed by atoms with Crippen molar-refractivity contribution in [3.63, 3.8) is 0 Å². The molecule has 0 radical (unpaired) electrons. The lowest BCUT2D eigenvalue weighted by atomic mass is 10.1. The van der Waals surface area contributed by atoms with Gasteiger partial charge in [-0.3, -0.25) is 4.57 Å². The molecule has 182 valence electrons. The van der Waals surface area contributed by atoms with E-state index in [-0.39, 0.29) is 6.54 Å². The number of nitrogens with zero attached hydrogens (tertiary/aromatic N) is 3. The van der Waals surface area contributed by atoms with Crippen LogP contribution in [0.5, 0.6) is 5.75 Å². The first kappa shape index (κ1) is 25.1. The van der Waals surface area contributed by atoms with Crippen LogP contribution in [0.15, 0.2) is 53.3 Å². The fourth-order valence-electron chi connectivity index (χ4n) is 3.39. The van der Waals surface area contributed by atoms with Crippen molar-refractivity contribution < 1.29 is 27.8 Å². The molecule has 10 heteroatoms. The molecule has 0 saturated heterocycles. The minimum absolute atomic E-state index is 0.0508. The summed E-state index contributed by atoms with van der Waals surface area (Å²) >= 11 is 0. The van der Waals surface area contributed by atoms with Crippen LogP contribution in [0.4, 0.5) is 13.2 Å². The molecule has 3 aromatic rings. The van der Waals surface area contributed by atoms with E-state index in [0.717, 1.165) is 17.7 Å². The van der Waals surface area contributed by atoms with E-state index < -0.39 is 29.0 Å². The van der Waals surface area contributed by atoms with Gasteiger partial charge in [0.2, 0.25) is 0 Å². The Morgan fingerprint density at radius 2 is 1.74 bits per heavy atom. The Labute approximate surface area is 194 Å². The van der Waals surface area contributed by atoms with E-state index in [1.54, 1.807) is 19.2 Å². The highest BCUT2D eigenvalue weighted by Gasteiger charge is 2.30. The highest BCUT2D eigenvalue weighted by atomic mass is 19.4. The van der Waals surface area contributed by atoms with E-state index in [2.05, 4.69) is 5.10 Å². The van der Waals surface area contributed by atoms with Gasteiger partial charge in [-0.15, -0.1) is 0 Å². The van der Waals surface area contributed by atoms with Gasteiger partial charge in [0, 0.05) is 13.5 Å². The van der Waals surface area contributed by atoms with Crippen LogP contribution in [0, 0.1) is 0 Å². The summed E-state index contributed by atoms with van der Waals surface area (Å²) in [6.45, 7) is 2.89. The molecule has 0 bridgehead atoms. The number of hydrogen-bond acceptors (Lipinski definition) is 4. The summed E-state index contributed by atoms with van der Waals surface area (Å²) in [6.07, 6.45) is -2.56. The molecule has 0 atom stereocenters. The summed E-state index contributed by atoms with van der Waals surface area (Å²) < 4.78 is 46.9. The van der Waals surface area contributed by atoms with Crippen LogP contribution in [0.25, 0.3) is 0 Å². The number of carboxylic acid groups (broad SMARTS) is 1. The van der Waals surface area contributed by atoms with Crippen LogP contribution in [0.1, 0.15) is 42.8 Å². The minimum atomic E-state index is -4.45. The molecular formula is C24H26F3N3O4. The van der Waals surface area contributed by atoms with Crippen molar-refractivity contribution in [2.75, 3.05) is 0 Å². The first-order valence-corrected chi connectivity index (χ1v) is 10.7. The highest BCUT2D eigenvalue weighted by Crippen LogP contribution is 2.29. The number of aryl methyl sites for hydroxylation is 2. The molecule has 34 heavy (non-hydrogen) atoms. The largest absolute Gasteiger partial charge is 0.478 e. The zero-order chi connectivity index (χ0) is 25.1. The van der Waals surface area contributed by atoms with Crippen molar-refractivity contribution in [3.05, 3.63) is 81.5 Å². The molecule has 2 aromatic carbocycles. The molecule has 1 aromatic heterocycles. The maximum absolute atomic E-state index is 12.9. The summed E-state index contributed by atoms with van der Waals surface area (Å²) in [4.78, 5) is 23.7. The lowest BCUT2D eigenvalue weighted by molar-refractivity contribution is -0.152. The van der Waals surface area contributed by atoms with Crippen molar-refractivity contribution in [3.8, 4) is 5.75 Å². The Kier molecular flexibility index (Phi) is 7.18. The topological polar surface area (TPSA) is 86.3 Å². The summed E-state index contributed by atoms with van der Waals surface area (Å²) in [5, 5.41) is 13.5. The van der Waals surface area contributed by atoms with Gasteiger partial charge in [-0.2, -0.15) is 18.3 Å². The average molecular weight is 477 g/mol. The number of alkyl halides is 3. The first-order chi connectivity index (χ1) is 15.9. The van der Waals surface area contributed by atoms with E-state index in [9.17, 15) is 22.8 Å². The highest BCUT2D eigenvalue weighted by molar-refractivity contribution is 5.76. The van der Waals surface area contributed by atoms with Gasteiger partial charge in [-0.1, -0.05) is 24.3 Å². The Morgan fingerprint density at radius 3 is 2.35 bits per heavy atom. The molecule has 3 rings (SSSR count). The number of carboxylic acids is 1. The molecule has 0 aliphatic heterocycles. The number of carbonyl (C=O) groups is 1. The third kappa shape index (κ3) is 6.06. The van der Waals surface area contributed by atoms with E-state index >= 15 is 0 Å². The molecule has 0 saturated carbocycles. The SMILES string of the molecule is Cn1c(CCCc2ccc(OC(C)(C)C(=O)O)cc2)nn(Cc2cccc(C(F)(F)F)c2)c1=O. The maximum atomic E-state index is 12.9. The van der Waals surface area contributed by atoms with Crippen LogP contribution >= 0.6 is 0 Å². The molecule has 1 heterocycles. The van der Waals surface area contributed by atoms with Gasteiger partial charge in [0.05, 0.1) is 12.1 Å². The Morgan fingerprint density at radius 1 is 1.06 bits per heavy atom. The van der Waals surface area contributed by atoms with Gasteiger partial charge in [0.25, 0.3) is 0 Å². The normalized spacial score (nSPS) is 12.1. The molecule has 7 nitrogen and oxygen atoms in total. The van der Waals surface area contributed by atoms with Gasteiger partial charge in [-0.25, -0.2) is 14.3 Å². The van der Waals surface area contributed by atoms with Crippen molar-refractivity contribution in [2.45, 2.75) is 51.4 Å². The van der Waals surface area contributed by atoms with Gasteiger partial charge < -0.3 is 9.84 Å². The van der Waals surface area contributed by atoms with Crippen LogP contribution < -0.4 is 10.4 Å². The predicted octanol–water partition coefficient (Wildman–Crippen LogP) is 4.07. The number of benzene rings is 2. The van der Waals surface area contributed by atoms with Crippen molar-refractivity contribution in [1.29, 1.82) is 0 Å². The number of aromatic nitrogens is 3. The zero-order valence-corrected chi connectivity index (χ0v) is 19.1. The summed E-state index contributed by atoms with van der Waals surface area (Å²) in [5.41, 5.74) is -1.14. The Bertz CT molecular complexity index is 1210. The molecule has 0 fully saturated rings. The first-order valence-electron chi connectivity index (χ1n) is 10.7. The Balaban J connectivity index is 1.61. The minimum Gasteiger partial charge on any atom is -0.478 e. The number of hydrogen-bond donors (Lipinski definition) is 1. The maximum Gasteiger partial charge on any atom is 0.416 e. The molecule has 0 unspecified atom stereocenters. The van der Waals surface area contributed by atoms with Gasteiger partial charge in [0.1, 0.15) is 11.6 Å². The second-order valence-electron chi connectivity index (χ2n) is 8.53. The standard InChI is InChI=1S/C24H26F3N3O4/c1-23(2,21(31)32)34-19-12-10-16(11-13-19)6-5-9-20-28-30(22(33)29(20)3)15-17-7-4-8-18(14-17)24(25,26)27/h4,7-8,10-14H,5-6,9,15H2,1-3H3,(H,31,32). The number of ether oxygens (including phenoxy) is 1. The Hall–Kier alpha value is -3.56. The number of halogens is 3. The summed E-state index contributed by atoms with van der Waals surface area (Å²) in [6, 6.07) is 12.0. The second kappa shape index (κ2) is 9.74. The second-order valence-corrected chi connectivity index (χ2v) is 8.53. The van der Waals surface area contributed by atoms with Gasteiger partial charge >= 0.3 is 17.8 Å². The smallest absolute Gasteiger partial charge is 0.416 e. The molecule has 1 N–H and O–H groups in total. The van der Waals surface area contributed by atoms with E-state index in [1.807, 2.05) is 12.1 Å². The van der Waals surface area contributed by atoms with E-state index in [1.165, 1.54) is 35.2 Å². The monoisotopic (exact) mass is 477 g/mol. The van der Waals surface area contributed by atoms with Crippen LogP contribution in [-0.4, -0.2) is 31.0 Å². The fourth-order valence-corrected chi connectivity index (χ4v) is 3.39. The van der Waals surface area contributed by atoms with Gasteiger partial charge in [0.15, 0.2) is 5.60 Å². The third-order valence-electron chi connectivity index (χ3n) is 5.39. The van der Waals surface area contributed by atoms with E-state index in [0.29, 0.717) is 36.4 Å². The van der Waals surface area contributed by atoms with Crippen molar-refractivity contribution >= 4 is 5.97 Å². The number of rotatable bonds is 9. The molecule has 0 aliphatic carbocycles. The van der Waals surface area contributed by atoms with Crippen LogP contribution in [-0.2, 0) is 37.4 Å². The average Bonchev–Trinajstić information content (AvgIpc) is 3.02. The van der Waals surface area contributed by atoms with E-state index in [4.69, 9.17) is 9.84 Å². The molecule has 0 spiro atoms. The van der Waals surface area contributed by atoms with Crippen LogP contribution in [0.2, 0.25) is 0 Å². The zero-order valence-electron chi connectivity index (χ0n) is 19.1. The van der Waals surface area contributed by atoms with Crippen LogP contribution in [0.3, 0.4) is 0 Å². The summed E-state index contributed by atoms with van der Waals surface area (Å²) in [7, 11) is 1.59. The molecular weight excluding hydrogens is 451 g/mol. The van der Waals surface area contributed by atoms with Crippen molar-refractivity contribution in [1.82, 2.24) is 14.3 Å². The fraction of sp³-hybridized carbons (Fsp3) is 0.375.